The van der Waals surface area contributed by atoms with Crippen LogP contribution in [0.5, 0.6) is 0 Å². The summed E-state index contributed by atoms with van der Waals surface area (Å²) in [4.78, 5) is 10.1. The minimum absolute atomic E-state index is 0.0560. The average molecular weight is 317 g/mol. The second-order valence-electron chi connectivity index (χ2n) is 5.16. The summed E-state index contributed by atoms with van der Waals surface area (Å²) in [6.07, 6.45) is 1.04. The summed E-state index contributed by atoms with van der Waals surface area (Å²) < 4.78 is 39.9. The van der Waals surface area contributed by atoms with Crippen molar-refractivity contribution in [2.45, 2.75) is 38.0 Å². The van der Waals surface area contributed by atoms with Crippen molar-refractivity contribution >= 4 is 16.0 Å². The third-order valence-corrected chi connectivity index (χ3v) is 4.63. The van der Waals surface area contributed by atoms with E-state index in [4.69, 9.17) is 5.11 Å². The summed E-state index contributed by atoms with van der Waals surface area (Å²) in [5.41, 5.74) is 0.659. The van der Waals surface area contributed by atoms with Crippen molar-refractivity contribution in [1.82, 2.24) is 4.72 Å². The molecule has 1 rings (SSSR count). The summed E-state index contributed by atoms with van der Waals surface area (Å²) in [7, 11) is -3.88. The predicted octanol–water partition coefficient (Wildman–Crippen LogP) is 2.30. The number of aryl methyl sites for hydroxylation is 1. The maximum Gasteiger partial charge on any atom is 0.303 e. The quantitative estimate of drug-likeness (QED) is 0.770. The van der Waals surface area contributed by atoms with Crippen LogP contribution in [-0.4, -0.2) is 26.0 Å². The highest BCUT2D eigenvalue weighted by molar-refractivity contribution is 7.89. The molecule has 118 valence electrons. The number of halogens is 1. The SMILES string of the molecule is Cc1ccc(F)c(S(=O)(=O)NCCC(C)CCC(=O)O)c1. The van der Waals surface area contributed by atoms with Gasteiger partial charge in [-0.1, -0.05) is 13.0 Å². The Morgan fingerprint density at radius 2 is 2.05 bits per heavy atom. The van der Waals surface area contributed by atoms with Gasteiger partial charge < -0.3 is 5.11 Å². The van der Waals surface area contributed by atoms with Crippen molar-refractivity contribution < 1.29 is 22.7 Å². The Labute approximate surface area is 124 Å². The van der Waals surface area contributed by atoms with E-state index < -0.39 is 21.8 Å². The van der Waals surface area contributed by atoms with Crippen molar-refractivity contribution in [3.05, 3.63) is 29.6 Å². The van der Waals surface area contributed by atoms with E-state index in [1.54, 1.807) is 6.92 Å². The highest BCUT2D eigenvalue weighted by atomic mass is 32.2. The zero-order chi connectivity index (χ0) is 16.0. The number of benzene rings is 1. The van der Waals surface area contributed by atoms with Gasteiger partial charge in [0, 0.05) is 13.0 Å². The number of aliphatic carboxylic acids is 1. The number of sulfonamides is 1. The molecule has 5 nitrogen and oxygen atoms in total. The van der Waals surface area contributed by atoms with Crippen LogP contribution in [0.3, 0.4) is 0 Å². The van der Waals surface area contributed by atoms with E-state index in [0.717, 1.165) is 6.07 Å². The van der Waals surface area contributed by atoms with E-state index in [2.05, 4.69) is 4.72 Å². The number of nitrogens with one attached hydrogen (secondary N) is 1. The normalized spacial score (nSPS) is 13.1. The third-order valence-electron chi connectivity index (χ3n) is 3.16. The standard InChI is InChI=1S/C14H20FNO4S/c1-10(4-6-14(17)18)7-8-16-21(19,20)13-9-11(2)3-5-12(13)15/h3,5,9-10,16H,4,6-8H2,1-2H3,(H,17,18). The number of carboxylic acids is 1. The smallest absolute Gasteiger partial charge is 0.303 e. The lowest BCUT2D eigenvalue weighted by molar-refractivity contribution is -0.137. The Morgan fingerprint density at radius 3 is 2.67 bits per heavy atom. The molecule has 0 aliphatic rings. The highest BCUT2D eigenvalue weighted by Crippen LogP contribution is 2.16. The van der Waals surface area contributed by atoms with Gasteiger partial charge in [0.25, 0.3) is 0 Å². The van der Waals surface area contributed by atoms with Crippen LogP contribution in [-0.2, 0) is 14.8 Å². The van der Waals surface area contributed by atoms with Gasteiger partial charge in [-0.25, -0.2) is 17.5 Å². The number of rotatable bonds is 8. The number of hydrogen-bond acceptors (Lipinski definition) is 3. The first-order valence-corrected chi connectivity index (χ1v) is 8.18. The van der Waals surface area contributed by atoms with Gasteiger partial charge in [0.2, 0.25) is 10.0 Å². The fourth-order valence-corrected chi connectivity index (χ4v) is 3.06. The van der Waals surface area contributed by atoms with Crippen LogP contribution in [0.4, 0.5) is 4.39 Å². The number of hydrogen-bond donors (Lipinski definition) is 2. The molecule has 0 heterocycles. The maximum absolute atomic E-state index is 13.6. The number of carboxylic acid groups (broad SMARTS) is 1. The minimum Gasteiger partial charge on any atom is -0.481 e. The zero-order valence-electron chi connectivity index (χ0n) is 12.1. The molecule has 0 aromatic heterocycles. The van der Waals surface area contributed by atoms with Gasteiger partial charge >= 0.3 is 5.97 Å². The second kappa shape index (κ2) is 7.51. The molecule has 0 aliphatic carbocycles. The first-order valence-electron chi connectivity index (χ1n) is 6.70. The number of carbonyl (C=O) groups is 1. The van der Waals surface area contributed by atoms with E-state index in [-0.39, 0.29) is 23.8 Å². The van der Waals surface area contributed by atoms with Crippen molar-refractivity contribution in [1.29, 1.82) is 0 Å². The van der Waals surface area contributed by atoms with Crippen LogP contribution in [0.25, 0.3) is 0 Å². The first-order chi connectivity index (χ1) is 9.72. The van der Waals surface area contributed by atoms with Gasteiger partial charge in [-0.05, 0) is 43.4 Å². The Hall–Kier alpha value is -1.47. The molecular formula is C14H20FNO4S. The first kappa shape index (κ1) is 17.6. The molecular weight excluding hydrogens is 297 g/mol. The average Bonchev–Trinajstić information content (AvgIpc) is 2.39. The Kier molecular flexibility index (Phi) is 6.29. The van der Waals surface area contributed by atoms with Gasteiger partial charge in [0.05, 0.1) is 0 Å². The molecule has 1 unspecified atom stereocenters. The van der Waals surface area contributed by atoms with Gasteiger partial charge in [0.15, 0.2) is 0 Å². The molecule has 1 atom stereocenters. The van der Waals surface area contributed by atoms with Crippen molar-refractivity contribution in [2.75, 3.05) is 6.54 Å². The summed E-state index contributed by atoms with van der Waals surface area (Å²) in [6.45, 7) is 3.69. The fraction of sp³-hybridized carbons (Fsp3) is 0.500. The Bertz CT molecular complexity index is 601. The highest BCUT2D eigenvalue weighted by Gasteiger charge is 2.19. The topological polar surface area (TPSA) is 83.5 Å². The van der Waals surface area contributed by atoms with Crippen LogP contribution in [0.15, 0.2) is 23.1 Å². The second-order valence-corrected chi connectivity index (χ2v) is 6.89. The van der Waals surface area contributed by atoms with Crippen molar-refractivity contribution in [2.24, 2.45) is 5.92 Å². The summed E-state index contributed by atoms with van der Waals surface area (Å²) in [5, 5.41) is 8.57. The predicted molar refractivity (Wildman–Crippen MR) is 77.0 cm³/mol. The molecule has 0 fully saturated rings. The van der Waals surface area contributed by atoms with E-state index in [1.807, 2.05) is 6.92 Å². The lowest BCUT2D eigenvalue weighted by Crippen LogP contribution is -2.27. The molecule has 0 spiro atoms. The minimum atomic E-state index is -3.88. The third kappa shape index (κ3) is 5.81. The van der Waals surface area contributed by atoms with E-state index in [9.17, 15) is 17.6 Å². The molecule has 21 heavy (non-hydrogen) atoms. The van der Waals surface area contributed by atoms with Crippen LogP contribution in [0.2, 0.25) is 0 Å². The van der Waals surface area contributed by atoms with Crippen LogP contribution >= 0.6 is 0 Å². The van der Waals surface area contributed by atoms with E-state index in [1.165, 1.54) is 12.1 Å². The summed E-state index contributed by atoms with van der Waals surface area (Å²) >= 11 is 0. The summed E-state index contributed by atoms with van der Waals surface area (Å²) in [6, 6.07) is 3.91. The molecule has 0 saturated carbocycles. The van der Waals surface area contributed by atoms with Gasteiger partial charge in [-0.2, -0.15) is 0 Å². The largest absolute Gasteiger partial charge is 0.481 e. The van der Waals surface area contributed by atoms with Crippen LogP contribution < -0.4 is 4.72 Å². The van der Waals surface area contributed by atoms with E-state index in [0.29, 0.717) is 18.4 Å². The lowest BCUT2D eigenvalue weighted by atomic mass is 10.0. The van der Waals surface area contributed by atoms with E-state index >= 15 is 0 Å². The molecule has 0 saturated heterocycles. The molecule has 0 radical (unpaired) electrons. The van der Waals surface area contributed by atoms with Crippen LogP contribution in [0.1, 0.15) is 31.7 Å². The van der Waals surface area contributed by atoms with Crippen LogP contribution in [0, 0.1) is 18.7 Å². The molecule has 1 aromatic carbocycles. The molecule has 1 aromatic rings. The maximum atomic E-state index is 13.6. The van der Waals surface area contributed by atoms with Gasteiger partial charge in [0.1, 0.15) is 10.7 Å². The monoisotopic (exact) mass is 317 g/mol. The fourth-order valence-electron chi connectivity index (χ4n) is 1.85. The van der Waals surface area contributed by atoms with Crippen molar-refractivity contribution in [3.8, 4) is 0 Å². The van der Waals surface area contributed by atoms with Crippen molar-refractivity contribution in [3.63, 3.8) is 0 Å². The van der Waals surface area contributed by atoms with Gasteiger partial charge in [-0.15, -0.1) is 0 Å². The molecule has 0 amide bonds. The molecule has 7 heteroatoms. The molecule has 2 N–H and O–H groups in total. The molecule has 0 bridgehead atoms. The lowest BCUT2D eigenvalue weighted by Gasteiger charge is -2.12. The van der Waals surface area contributed by atoms with Gasteiger partial charge in [-0.3, -0.25) is 4.79 Å². The zero-order valence-corrected chi connectivity index (χ0v) is 12.9. The Balaban J connectivity index is 2.57. The molecule has 0 aliphatic heterocycles. The summed E-state index contributed by atoms with van der Waals surface area (Å²) in [5.74, 6) is -1.58. The Morgan fingerprint density at radius 1 is 1.38 bits per heavy atom.